The minimum absolute atomic E-state index is 0.0124. The van der Waals surface area contributed by atoms with E-state index in [1.165, 1.54) is 0 Å². The summed E-state index contributed by atoms with van der Waals surface area (Å²) in [5.74, 6) is 0.943. The van der Waals surface area contributed by atoms with Gasteiger partial charge in [-0.1, -0.05) is 0 Å². The average molecular weight is 261 g/mol. The predicted molar refractivity (Wildman–Crippen MR) is 53.0 cm³/mol. The molecule has 0 saturated carbocycles. The number of hydrogen-bond acceptors (Lipinski definition) is 1. The van der Waals surface area contributed by atoms with Crippen LogP contribution in [0.4, 0.5) is 8.78 Å². The van der Waals surface area contributed by atoms with Crippen LogP contribution in [0.15, 0.2) is 16.6 Å². The van der Waals surface area contributed by atoms with Crippen LogP contribution in [-0.4, -0.2) is 6.61 Å². The van der Waals surface area contributed by atoms with E-state index in [9.17, 15) is 8.78 Å². The Hall–Kier alpha value is -1.08. The average Bonchev–Trinajstić information content (AvgIpc) is 2.09. The van der Waals surface area contributed by atoms with Crippen LogP contribution < -0.4 is 4.74 Å². The third-order valence-electron chi connectivity index (χ3n) is 1.46. The van der Waals surface area contributed by atoms with Crippen molar-refractivity contribution in [2.75, 3.05) is 6.61 Å². The first-order chi connectivity index (χ1) is 6.65. The fraction of sp³-hybridized carbons (Fsp3) is 0.200. The second-order valence-electron chi connectivity index (χ2n) is 2.50. The molecule has 0 aliphatic rings. The quantitative estimate of drug-likeness (QED) is 0.600. The molecule has 0 fully saturated rings. The largest absolute Gasteiger partial charge is 0.488 e. The summed E-state index contributed by atoms with van der Waals surface area (Å²) in [6.45, 7) is 0.206. The second kappa shape index (κ2) is 4.97. The molecule has 0 aromatic heterocycles. The van der Waals surface area contributed by atoms with E-state index in [0.717, 1.165) is 12.1 Å². The SMILES string of the molecule is C#CCCOc1c(F)cc(F)cc1Br. The molecule has 0 saturated heterocycles. The van der Waals surface area contributed by atoms with Crippen LogP contribution in [0, 0.1) is 24.0 Å². The van der Waals surface area contributed by atoms with Crippen LogP contribution in [0.25, 0.3) is 0 Å². The maximum absolute atomic E-state index is 13.1. The van der Waals surface area contributed by atoms with Gasteiger partial charge in [0.2, 0.25) is 0 Å². The van der Waals surface area contributed by atoms with Gasteiger partial charge in [0.15, 0.2) is 11.6 Å². The molecular weight excluding hydrogens is 254 g/mol. The summed E-state index contributed by atoms with van der Waals surface area (Å²) in [6, 6.07) is 1.89. The Balaban J connectivity index is 2.81. The van der Waals surface area contributed by atoms with Gasteiger partial charge in [0.05, 0.1) is 11.1 Å². The minimum atomic E-state index is -0.742. The first-order valence-corrected chi connectivity index (χ1v) is 4.65. The van der Waals surface area contributed by atoms with Crippen molar-refractivity contribution in [2.45, 2.75) is 6.42 Å². The molecule has 0 aliphatic heterocycles. The summed E-state index contributed by atoms with van der Waals surface area (Å²) in [5.41, 5.74) is 0. The minimum Gasteiger partial charge on any atom is -0.488 e. The monoisotopic (exact) mass is 260 g/mol. The van der Waals surface area contributed by atoms with Gasteiger partial charge < -0.3 is 4.74 Å². The van der Waals surface area contributed by atoms with Crippen molar-refractivity contribution >= 4 is 15.9 Å². The Kier molecular flexibility index (Phi) is 3.90. The number of halogens is 3. The standard InChI is InChI=1S/C10H7BrF2O/c1-2-3-4-14-10-8(11)5-7(12)6-9(10)13/h1,5-6H,3-4H2. The molecule has 0 bridgehead atoms. The smallest absolute Gasteiger partial charge is 0.169 e. The highest BCUT2D eigenvalue weighted by Gasteiger charge is 2.10. The Morgan fingerprint density at radius 2 is 2.14 bits per heavy atom. The molecule has 0 amide bonds. The summed E-state index contributed by atoms with van der Waals surface area (Å²) >= 11 is 2.99. The molecule has 0 radical (unpaired) electrons. The van der Waals surface area contributed by atoms with Crippen LogP contribution >= 0.6 is 15.9 Å². The summed E-state index contributed by atoms with van der Waals surface area (Å²) in [6.07, 6.45) is 5.38. The van der Waals surface area contributed by atoms with Crippen molar-refractivity contribution in [1.82, 2.24) is 0 Å². The lowest BCUT2D eigenvalue weighted by molar-refractivity contribution is 0.306. The first-order valence-electron chi connectivity index (χ1n) is 3.86. The molecule has 1 aromatic rings. The topological polar surface area (TPSA) is 9.23 Å². The highest BCUT2D eigenvalue weighted by atomic mass is 79.9. The van der Waals surface area contributed by atoms with Crippen molar-refractivity contribution < 1.29 is 13.5 Å². The molecule has 74 valence electrons. The molecular formula is C10H7BrF2O. The zero-order valence-corrected chi connectivity index (χ0v) is 8.77. The zero-order valence-electron chi connectivity index (χ0n) is 7.19. The van der Waals surface area contributed by atoms with E-state index in [2.05, 4.69) is 21.9 Å². The highest BCUT2D eigenvalue weighted by molar-refractivity contribution is 9.10. The van der Waals surface area contributed by atoms with E-state index < -0.39 is 11.6 Å². The molecule has 1 aromatic carbocycles. The third kappa shape index (κ3) is 2.71. The van der Waals surface area contributed by atoms with Crippen LogP contribution in [0.1, 0.15) is 6.42 Å². The Labute approximate surface area is 89.2 Å². The molecule has 0 heterocycles. The van der Waals surface area contributed by atoms with Crippen LogP contribution in [-0.2, 0) is 0 Å². The molecule has 4 heteroatoms. The lowest BCUT2D eigenvalue weighted by Gasteiger charge is -2.07. The van der Waals surface area contributed by atoms with E-state index in [1.54, 1.807) is 0 Å². The summed E-state index contributed by atoms with van der Waals surface area (Å²) in [4.78, 5) is 0. The van der Waals surface area contributed by atoms with Gasteiger partial charge in [0.1, 0.15) is 5.82 Å². The lowest BCUT2D eigenvalue weighted by atomic mass is 10.3. The van der Waals surface area contributed by atoms with Crippen molar-refractivity contribution in [1.29, 1.82) is 0 Å². The Morgan fingerprint density at radius 1 is 1.43 bits per heavy atom. The van der Waals surface area contributed by atoms with E-state index in [1.807, 2.05) is 0 Å². The number of benzene rings is 1. The Bertz CT molecular complexity index is 348. The van der Waals surface area contributed by atoms with Gasteiger partial charge in [0, 0.05) is 12.5 Å². The van der Waals surface area contributed by atoms with Gasteiger partial charge in [-0.3, -0.25) is 0 Å². The lowest BCUT2D eigenvalue weighted by Crippen LogP contribution is -1.99. The second-order valence-corrected chi connectivity index (χ2v) is 3.36. The van der Waals surface area contributed by atoms with E-state index >= 15 is 0 Å². The maximum Gasteiger partial charge on any atom is 0.169 e. The van der Waals surface area contributed by atoms with Gasteiger partial charge in [-0.05, 0) is 22.0 Å². The van der Waals surface area contributed by atoms with Crippen LogP contribution in [0.5, 0.6) is 5.75 Å². The number of ether oxygens (including phenoxy) is 1. The van der Waals surface area contributed by atoms with Crippen molar-refractivity contribution in [2.24, 2.45) is 0 Å². The van der Waals surface area contributed by atoms with Gasteiger partial charge in [-0.15, -0.1) is 12.3 Å². The predicted octanol–water partition coefficient (Wildman–Crippen LogP) is 3.13. The highest BCUT2D eigenvalue weighted by Crippen LogP contribution is 2.29. The summed E-state index contributed by atoms with van der Waals surface area (Å²) in [5, 5.41) is 0. The molecule has 0 N–H and O–H groups in total. The number of hydrogen-bond donors (Lipinski definition) is 0. The molecule has 0 spiro atoms. The van der Waals surface area contributed by atoms with Gasteiger partial charge in [-0.2, -0.15) is 0 Å². The van der Waals surface area contributed by atoms with E-state index in [0.29, 0.717) is 6.42 Å². The summed E-state index contributed by atoms with van der Waals surface area (Å²) in [7, 11) is 0. The first kappa shape index (κ1) is 11.0. The molecule has 0 atom stereocenters. The fourth-order valence-electron chi connectivity index (χ4n) is 0.879. The maximum atomic E-state index is 13.1. The molecule has 1 rings (SSSR count). The van der Waals surface area contributed by atoms with Crippen molar-refractivity contribution in [3.63, 3.8) is 0 Å². The normalized spacial score (nSPS) is 9.57. The molecule has 0 aliphatic carbocycles. The number of rotatable bonds is 3. The van der Waals surface area contributed by atoms with Crippen molar-refractivity contribution in [3.05, 3.63) is 28.2 Å². The summed E-state index contributed by atoms with van der Waals surface area (Å²) < 4.78 is 31.0. The van der Waals surface area contributed by atoms with Gasteiger partial charge in [-0.25, -0.2) is 8.78 Å². The van der Waals surface area contributed by atoms with E-state index in [-0.39, 0.29) is 16.8 Å². The molecule has 14 heavy (non-hydrogen) atoms. The van der Waals surface area contributed by atoms with Gasteiger partial charge in [0.25, 0.3) is 0 Å². The fourth-order valence-corrected chi connectivity index (χ4v) is 1.40. The van der Waals surface area contributed by atoms with Crippen LogP contribution in [0.3, 0.4) is 0 Å². The third-order valence-corrected chi connectivity index (χ3v) is 2.04. The van der Waals surface area contributed by atoms with Crippen molar-refractivity contribution in [3.8, 4) is 18.1 Å². The number of terminal acetylenes is 1. The molecule has 1 nitrogen and oxygen atoms in total. The van der Waals surface area contributed by atoms with Crippen LogP contribution in [0.2, 0.25) is 0 Å². The Morgan fingerprint density at radius 3 is 2.71 bits per heavy atom. The van der Waals surface area contributed by atoms with Gasteiger partial charge >= 0.3 is 0 Å². The van der Waals surface area contributed by atoms with E-state index in [4.69, 9.17) is 11.2 Å². The zero-order chi connectivity index (χ0) is 10.6. The molecule has 0 unspecified atom stereocenters.